The molecule has 1 aromatic rings. The summed E-state index contributed by atoms with van der Waals surface area (Å²) in [7, 11) is 0. The first-order valence-corrected chi connectivity index (χ1v) is 8.71. The average Bonchev–Trinajstić information content (AvgIpc) is 3.14. The molecule has 2 saturated carbocycles. The highest BCUT2D eigenvalue weighted by Gasteiger charge is 2.39. The molecule has 106 valence electrons. The number of hydrazine groups is 1. The Morgan fingerprint density at radius 3 is 2.95 bits per heavy atom. The lowest BCUT2D eigenvalue weighted by Crippen LogP contribution is -2.37. The Kier molecular flexibility index (Phi) is 4.57. The van der Waals surface area contributed by atoms with E-state index in [0.29, 0.717) is 6.04 Å². The molecule has 2 aliphatic carbocycles. The van der Waals surface area contributed by atoms with E-state index in [1.165, 1.54) is 56.2 Å². The van der Waals surface area contributed by atoms with Gasteiger partial charge in [0.05, 0.1) is 0 Å². The Balaban J connectivity index is 1.40. The van der Waals surface area contributed by atoms with E-state index in [2.05, 4.69) is 22.9 Å². The summed E-state index contributed by atoms with van der Waals surface area (Å²) in [5, 5.41) is 2.17. The highest BCUT2D eigenvalue weighted by molar-refractivity contribution is 7.09. The maximum Gasteiger partial charge on any atom is 0.0213 e. The lowest BCUT2D eigenvalue weighted by atomic mass is 9.83. The monoisotopic (exact) mass is 278 g/mol. The van der Waals surface area contributed by atoms with Crippen LogP contribution in [0.2, 0.25) is 0 Å². The summed E-state index contributed by atoms with van der Waals surface area (Å²) < 4.78 is 0. The Bertz CT molecular complexity index is 376. The van der Waals surface area contributed by atoms with Crippen molar-refractivity contribution in [3.8, 4) is 0 Å². The molecule has 4 unspecified atom stereocenters. The van der Waals surface area contributed by atoms with Gasteiger partial charge in [-0.1, -0.05) is 12.5 Å². The van der Waals surface area contributed by atoms with Gasteiger partial charge >= 0.3 is 0 Å². The number of nitrogens with two attached hydrogens (primary N) is 1. The Morgan fingerprint density at radius 1 is 1.37 bits per heavy atom. The first-order valence-electron chi connectivity index (χ1n) is 7.83. The van der Waals surface area contributed by atoms with Crippen LogP contribution in [0.4, 0.5) is 0 Å². The third-order valence-corrected chi connectivity index (χ3v) is 6.20. The highest BCUT2D eigenvalue weighted by Crippen LogP contribution is 2.50. The zero-order valence-electron chi connectivity index (χ0n) is 11.7. The van der Waals surface area contributed by atoms with Crippen LogP contribution in [0.1, 0.15) is 49.8 Å². The molecule has 3 N–H and O–H groups in total. The molecule has 0 radical (unpaired) electrons. The van der Waals surface area contributed by atoms with Crippen molar-refractivity contribution in [3.05, 3.63) is 22.4 Å². The van der Waals surface area contributed by atoms with Gasteiger partial charge in [-0.05, 0) is 74.1 Å². The fourth-order valence-electron chi connectivity index (χ4n) is 4.28. The van der Waals surface area contributed by atoms with E-state index in [0.717, 1.165) is 17.8 Å². The number of thiophene rings is 1. The number of rotatable bonds is 7. The van der Waals surface area contributed by atoms with Crippen LogP contribution in [0.3, 0.4) is 0 Å². The van der Waals surface area contributed by atoms with Crippen LogP contribution in [0.5, 0.6) is 0 Å². The zero-order valence-corrected chi connectivity index (χ0v) is 12.5. The molecule has 19 heavy (non-hydrogen) atoms. The van der Waals surface area contributed by atoms with Crippen LogP contribution < -0.4 is 11.3 Å². The van der Waals surface area contributed by atoms with Gasteiger partial charge in [-0.2, -0.15) is 0 Å². The molecule has 3 rings (SSSR count). The largest absolute Gasteiger partial charge is 0.271 e. The highest BCUT2D eigenvalue weighted by atomic mass is 32.1. The minimum atomic E-state index is 0.532. The molecule has 3 heteroatoms. The molecule has 0 aliphatic heterocycles. The summed E-state index contributed by atoms with van der Waals surface area (Å²) >= 11 is 1.87. The second-order valence-corrected chi connectivity index (χ2v) is 7.54. The molecule has 0 amide bonds. The van der Waals surface area contributed by atoms with Crippen molar-refractivity contribution in [3.63, 3.8) is 0 Å². The van der Waals surface area contributed by atoms with Crippen molar-refractivity contribution in [2.45, 2.75) is 57.4 Å². The molecule has 1 aromatic heterocycles. The summed E-state index contributed by atoms with van der Waals surface area (Å²) in [5.41, 5.74) is 3.07. The van der Waals surface area contributed by atoms with Crippen molar-refractivity contribution in [2.75, 3.05) is 0 Å². The average molecular weight is 278 g/mol. The lowest BCUT2D eigenvalue weighted by molar-refractivity contribution is 0.271. The van der Waals surface area contributed by atoms with Crippen LogP contribution in [-0.4, -0.2) is 6.04 Å². The number of hydrogen-bond acceptors (Lipinski definition) is 3. The molecule has 2 aliphatic rings. The standard InChI is InChI=1S/C16H26N2S/c17-18-15(3-1-4-16-5-2-8-19-16)11-14-10-12-6-7-13(14)9-12/h2,5,8,12-15,18H,1,3-4,6-7,9-11,17H2. The maximum absolute atomic E-state index is 5.76. The SMILES string of the molecule is NNC(CCCc1cccs1)CC1CC2CCC1C2. The van der Waals surface area contributed by atoms with Crippen molar-refractivity contribution >= 4 is 11.3 Å². The summed E-state index contributed by atoms with van der Waals surface area (Å²) in [6, 6.07) is 4.92. The molecular formula is C16H26N2S. The Labute approximate surface area is 120 Å². The van der Waals surface area contributed by atoms with Gasteiger partial charge in [0, 0.05) is 10.9 Å². The van der Waals surface area contributed by atoms with Gasteiger partial charge in [0.15, 0.2) is 0 Å². The van der Waals surface area contributed by atoms with Crippen molar-refractivity contribution in [1.82, 2.24) is 5.43 Å². The van der Waals surface area contributed by atoms with Crippen molar-refractivity contribution in [2.24, 2.45) is 23.6 Å². The second-order valence-electron chi connectivity index (χ2n) is 6.51. The molecule has 0 spiro atoms. The fraction of sp³-hybridized carbons (Fsp3) is 0.750. The predicted octanol–water partition coefficient (Wildman–Crippen LogP) is 3.73. The van der Waals surface area contributed by atoms with E-state index in [1.54, 1.807) is 0 Å². The summed E-state index contributed by atoms with van der Waals surface area (Å²) in [6.45, 7) is 0. The van der Waals surface area contributed by atoms with Gasteiger partial charge < -0.3 is 0 Å². The predicted molar refractivity (Wildman–Crippen MR) is 81.9 cm³/mol. The van der Waals surface area contributed by atoms with E-state index in [-0.39, 0.29) is 0 Å². The third kappa shape index (κ3) is 3.39. The first kappa shape index (κ1) is 13.6. The fourth-order valence-corrected chi connectivity index (χ4v) is 5.03. The number of hydrogen-bond donors (Lipinski definition) is 2. The third-order valence-electron chi connectivity index (χ3n) is 5.26. The van der Waals surface area contributed by atoms with E-state index in [1.807, 2.05) is 11.3 Å². The molecule has 0 aromatic carbocycles. The van der Waals surface area contributed by atoms with Crippen LogP contribution in [-0.2, 0) is 6.42 Å². The molecule has 2 nitrogen and oxygen atoms in total. The molecule has 2 bridgehead atoms. The van der Waals surface area contributed by atoms with E-state index in [9.17, 15) is 0 Å². The Hall–Kier alpha value is -0.380. The number of nitrogens with one attached hydrogen (secondary N) is 1. The Morgan fingerprint density at radius 2 is 2.32 bits per heavy atom. The molecular weight excluding hydrogens is 252 g/mol. The van der Waals surface area contributed by atoms with Crippen LogP contribution in [0.25, 0.3) is 0 Å². The van der Waals surface area contributed by atoms with Gasteiger partial charge in [-0.15, -0.1) is 11.3 Å². The molecule has 4 atom stereocenters. The minimum Gasteiger partial charge on any atom is -0.271 e. The van der Waals surface area contributed by atoms with Crippen molar-refractivity contribution < 1.29 is 0 Å². The van der Waals surface area contributed by atoms with Gasteiger partial charge in [-0.25, -0.2) is 0 Å². The first-order chi connectivity index (χ1) is 9.35. The van der Waals surface area contributed by atoms with Gasteiger partial charge in [-0.3, -0.25) is 11.3 Å². The van der Waals surface area contributed by atoms with Crippen LogP contribution in [0.15, 0.2) is 17.5 Å². The second kappa shape index (κ2) is 6.38. The van der Waals surface area contributed by atoms with Crippen LogP contribution >= 0.6 is 11.3 Å². The summed E-state index contributed by atoms with van der Waals surface area (Å²) in [5.74, 6) is 8.80. The van der Waals surface area contributed by atoms with Crippen molar-refractivity contribution in [1.29, 1.82) is 0 Å². The minimum absolute atomic E-state index is 0.532. The zero-order chi connectivity index (χ0) is 13.1. The number of fused-ring (bicyclic) bond motifs is 2. The number of aryl methyl sites for hydroxylation is 1. The molecule has 1 heterocycles. The van der Waals surface area contributed by atoms with Gasteiger partial charge in [0.25, 0.3) is 0 Å². The van der Waals surface area contributed by atoms with E-state index < -0.39 is 0 Å². The topological polar surface area (TPSA) is 38.0 Å². The van der Waals surface area contributed by atoms with Gasteiger partial charge in [0.1, 0.15) is 0 Å². The normalized spacial score (nSPS) is 30.9. The lowest BCUT2D eigenvalue weighted by Gasteiger charge is -2.26. The van der Waals surface area contributed by atoms with Gasteiger partial charge in [0.2, 0.25) is 0 Å². The summed E-state index contributed by atoms with van der Waals surface area (Å²) in [4.78, 5) is 1.51. The maximum atomic E-state index is 5.76. The quantitative estimate of drug-likeness (QED) is 0.589. The van der Waals surface area contributed by atoms with Crippen LogP contribution in [0, 0.1) is 17.8 Å². The smallest absolute Gasteiger partial charge is 0.0213 e. The summed E-state index contributed by atoms with van der Waals surface area (Å²) in [6.07, 6.45) is 11.0. The molecule has 0 saturated heterocycles. The van der Waals surface area contributed by atoms with E-state index in [4.69, 9.17) is 5.84 Å². The molecule has 2 fully saturated rings. The van der Waals surface area contributed by atoms with E-state index >= 15 is 0 Å².